The number of piperazine rings is 1. The zero-order chi connectivity index (χ0) is 17.2. The molecule has 1 atom stereocenters. The van der Waals surface area contributed by atoms with Crippen molar-refractivity contribution in [3.8, 4) is 0 Å². The van der Waals surface area contributed by atoms with E-state index in [4.69, 9.17) is 11.6 Å². The first-order valence-corrected chi connectivity index (χ1v) is 9.65. The average molecular weight is 360 g/mol. The van der Waals surface area contributed by atoms with Crippen LogP contribution >= 0.6 is 11.6 Å². The normalized spacial score (nSPS) is 17.8. The summed E-state index contributed by atoms with van der Waals surface area (Å²) in [7, 11) is -1.61. The Morgan fingerprint density at radius 3 is 2.39 bits per heavy atom. The molecule has 0 bridgehead atoms. The Kier molecular flexibility index (Phi) is 5.54. The van der Waals surface area contributed by atoms with E-state index in [9.17, 15) is 13.2 Å². The van der Waals surface area contributed by atoms with Crippen molar-refractivity contribution < 1.29 is 13.2 Å². The number of hydrogen-bond donors (Lipinski definition) is 0. The molecule has 0 spiro atoms. The van der Waals surface area contributed by atoms with Crippen molar-refractivity contribution in [2.75, 3.05) is 43.8 Å². The molecule has 0 aromatic heterocycles. The number of nitrogens with zero attached hydrogens (tertiary/aromatic N) is 3. The Hall–Kier alpha value is -1.31. The molecule has 128 valence electrons. The van der Waals surface area contributed by atoms with Crippen molar-refractivity contribution in [3.05, 3.63) is 29.3 Å². The van der Waals surface area contributed by atoms with Crippen molar-refractivity contribution in [1.82, 2.24) is 9.80 Å². The predicted molar refractivity (Wildman–Crippen MR) is 92.3 cm³/mol. The van der Waals surface area contributed by atoms with Crippen molar-refractivity contribution >= 4 is 33.2 Å². The van der Waals surface area contributed by atoms with Crippen LogP contribution in [0.1, 0.15) is 6.92 Å². The Morgan fingerprint density at radius 2 is 1.87 bits per heavy atom. The number of hydrogen-bond acceptors (Lipinski definition) is 4. The zero-order valence-corrected chi connectivity index (χ0v) is 15.1. The second kappa shape index (κ2) is 7.07. The van der Waals surface area contributed by atoms with Gasteiger partial charge in [-0.25, -0.2) is 8.42 Å². The van der Waals surface area contributed by atoms with Crippen LogP contribution in [0, 0.1) is 0 Å². The maximum absolute atomic E-state index is 12.7. The van der Waals surface area contributed by atoms with E-state index in [-0.39, 0.29) is 5.91 Å². The molecule has 1 heterocycles. The monoisotopic (exact) mass is 359 g/mol. The van der Waals surface area contributed by atoms with Gasteiger partial charge in [0.1, 0.15) is 6.04 Å². The van der Waals surface area contributed by atoms with Crippen molar-refractivity contribution in [1.29, 1.82) is 0 Å². The van der Waals surface area contributed by atoms with Crippen LogP contribution in [0.5, 0.6) is 0 Å². The van der Waals surface area contributed by atoms with E-state index in [0.29, 0.717) is 23.8 Å². The number of carbonyl (C=O) groups excluding carboxylic acids is 1. The summed E-state index contributed by atoms with van der Waals surface area (Å²) in [4.78, 5) is 16.6. The molecule has 2 rings (SSSR count). The third kappa shape index (κ3) is 4.37. The summed E-state index contributed by atoms with van der Waals surface area (Å²) in [6.07, 6.45) is 1.10. The predicted octanol–water partition coefficient (Wildman–Crippen LogP) is 1.27. The quantitative estimate of drug-likeness (QED) is 0.812. The summed E-state index contributed by atoms with van der Waals surface area (Å²) in [5, 5.41) is 0.426. The largest absolute Gasteiger partial charge is 0.338 e. The van der Waals surface area contributed by atoms with Gasteiger partial charge in [0.15, 0.2) is 0 Å². The number of likely N-dealkylation sites (N-methyl/N-ethyl adjacent to an activating group) is 1. The fourth-order valence-electron chi connectivity index (χ4n) is 2.71. The van der Waals surface area contributed by atoms with Crippen LogP contribution in [-0.2, 0) is 14.8 Å². The van der Waals surface area contributed by atoms with Crippen LogP contribution in [-0.4, -0.2) is 69.6 Å². The van der Waals surface area contributed by atoms with Crippen LogP contribution in [0.2, 0.25) is 5.02 Å². The number of halogens is 1. The van der Waals surface area contributed by atoms with Crippen molar-refractivity contribution in [2.45, 2.75) is 13.0 Å². The number of rotatable bonds is 4. The van der Waals surface area contributed by atoms with E-state index in [1.165, 1.54) is 0 Å². The standard InChI is InChI=1S/C15H22ClN3O3S/c1-12(15(20)18-9-7-17(2)8-10-18)19(23(3,21)22)14-6-4-5-13(16)11-14/h4-6,11-12H,7-10H2,1-3H3/t12-/m1/s1. The molecule has 1 saturated heterocycles. The number of benzene rings is 1. The molecule has 0 unspecified atom stereocenters. The highest BCUT2D eigenvalue weighted by molar-refractivity contribution is 7.92. The van der Waals surface area contributed by atoms with E-state index in [0.717, 1.165) is 23.7 Å². The first-order chi connectivity index (χ1) is 10.7. The first kappa shape index (κ1) is 18.0. The van der Waals surface area contributed by atoms with E-state index < -0.39 is 16.1 Å². The van der Waals surface area contributed by atoms with Gasteiger partial charge in [-0.05, 0) is 32.2 Å². The van der Waals surface area contributed by atoms with Crippen LogP contribution in [0.15, 0.2) is 24.3 Å². The van der Waals surface area contributed by atoms with Gasteiger partial charge in [-0.15, -0.1) is 0 Å². The summed E-state index contributed by atoms with van der Waals surface area (Å²) in [6, 6.07) is 5.71. The average Bonchev–Trinajstić information content (AvgIpc) is 2.46. The van der Waals surface area contributed by atoms with Gasteiger partial charge in [-0.3, -0.25) is 9.10 Å². The lowest BCUT2D eigenvalue weighted by atomic mass is 10.2. The lowest BCUT2D eigenvalue weighted by Gasteiger charge is -2.36. The van der Waals surface area contributed by atoms with Crippen LogP contribution in [0.4, 0.5) is 5.69 Å². The first-order valence-electron chi connectivity index (χ1n) is 7.42. The number of amides is 1. The minimum absolute atomic E-state index is 0.191. The smallest absolute Gasteiger partial charge is 0.246 e. The highest BCUT2D eigenvalue weighted by Gasteiger charge is 2.33. The highest BCUT2D eigenvalue weighted by Crippen LogP contribution is 2.25. The summed E-state index contributed by atoms with van der Waals surface area (Å²) < 4.78 is 25.6. The molecule has 1 aromatic rings. The van der Waals surface area contributed by atoms with Crippen molar-refractivity contribution in [3.63, 3.8) is 0 Å². The van der Waals surface area contributed by atoms with Crippen LogP contribution < -0.4 is 4.31 Å². The summed E-state index contributed by atoms with van der Waals surface area (Å²) in [5.74, 6) is -0.191. The fourth-order valence-corrected chi connectivity index (χ4v) is 4.05. The molecular weight excluding hydrogens is 338 g/mol. The Bertz CT molecular complexity index is 672. The van der Waals surface area contributed by atoms with Gasteiger partial charge in [0.05, 0.1) is 11.9 Å². The summed E-state index contributed by atoms with van der Waals surface area (Å²) in [5.41, 5.74) is 0.398. The van der Waals surface area contributed by atoms with E-state index in [1.807, 2.05) is 7.05 Å². The van der Waals surface area contributed by atoms with E-state index in [2.05, 4.69) is 4.90 Å². The molecule has 8 heteroatoms. The van der Waals surface area contributed by atoms with Gasteiger partial charge in [-0.1, -0.05) is 17.7 Å². The molecule has 23 heavy (non-hydrogen) atoms. The maximum atomic E-state index is 12.7. The maximum Gasteiger partial charge on any atom is 0.246 e. The second-order valence-electron chi connectivity index (χ2n) is 5.84. The van der Waals surface area contributed by atoms with Gasteiger partial charge in [0.25, 0.3) is 0 Å². The van der Waals surface area contributed by atoms with Crippen molar-refractivity contribution in [2.24, 2.45) is 0 Å². The SMILES string of the molecule is C[C@H](C(=O)N1CCN(C)CC1)N(c1cccc(Cl)c1)S(C)(=O)=O. The molecule has 1 fully saturated rings. The lowest BCUT2D eigenvalue weighted by molar-refractivity contribution is -0.133. The molecule has 0 saturated carbocycles. The van der Waals surface area contributed by atoms with Gasteiger partial charge < -0.3 is 9.80 Å². The molecule has 1 aromatic carbocycles. The number of sulfonamides is 1. The highest BCUT2D eigenvalue weighted by atomic mass is 35.5. The van der Waals surface area contributed by atoms with Crippen LogP contribution in [0.25, 0.3) is 0 Å². The molecule has 1 amide bonds. The third-order valence-electron chi connectivity index (χ3n) is 3.94. The van der Waals surface area contributed by atoms with Gasteiger partial charge in [0, 0.05) is 31.2 Å². The molecule has 0 radical (unpaired) electrons. The topological polar surface area (TPSA) is 60.9 Å². The third-order valence-corrected chi connectivity index (χ3v) is 5.42. The second-order valence-corrected chi connectivity index (χ2v) is 8.14. The molecule has 1 aliphatic rings. The minimum Gasteiger partial charge on any atom is -0.338 e. The number of anilines is 1. The zero-order valence-electron chi connectivity index (χ0n) is 13.6. The molecule has 1 aliphatic heterocycles. The van der Waals surface area contributed by atoms with Gasteiger partial charge in [0.2, 0.25) is 15.9 Å². The molecule has 0 aliphatic carbocycles. The fraction of sp³-hybridized carbons (Fsp3) is 0.533. The Labute approximate surface area is 142 Å². The molecular formula is C15H22ClN3O3S. The lowest BCUT2D eigenvalue weighted by Crippen LogP contribution is -2.54. The van der Waals surface area contributed by atoms with Gasteiger partial charge >= 0.3 is 0 Å². The molecule has 0 N–H and O–H groups in total. The summed E-state index contributed by atoms with van der Waals surface area (Å²) in [6.45, 7) is 4.39. The van der Waals surface area contributed by atoms with Gasteiger partial charge in [-0.2, -0.15) is 0 Å². The molecule has 6 nitrogen and oxygen atoms in total. The van der Waals surface area contributed by atoms with E-state index in [1.54, 1.807) is 36.1 Å². The Morgan fingerprint density at radius 1 is 1.26 bits per heavy atom. The minimum atomic E-state index is -3.61. The number of carbonyl (C=O) groups is 1. The van der Waals surface area contributed by atoms with E-state index >= 15 is 0 Å². The van der Waals surface area contributed by atoms with Crippen LogP contribution in [0.3, 0.4) is 0 Å². The Balaban J connectivity index is 2.27. The summed E-state index contributed by atoms with van der Waals surface area (Å²) >= 11 is 5.97.